The molecule has 0 aliphatic rings. The van der Waals surface area contributed by atoms with Crippen LogP contribution in [0.5, 0.6) is 0 Å². The van der Waals surface area contributed by atoms with Crippen LogP contribution < -0.4 is 28.3 Å². The van der Waals surface area contributed by atoms with E-state index in [0.717, 1.165) is 0 Å². The van der Waals surface area contributed by atoms with Crippen molar-refractivity contribution in [2.24, 2.45) is 17.4 Å². The van der Waals surface area contributed by atoms with Gasteiger partial charge in [0.25, 0.3) is 0 Å². The Morgan fingerprint density at radius 1 is 1.12 bits per heavy atom. The Kier molecular flexibility index (Phi) is 4.82. The van der Waals surface area contributed by atoms with Gasteiger partial charge in [-0.3, -0.25) is 22.5 Å². The molecule has 0 aliphatic carbocycles. The molecule has 0 rings (SSSR count). The van der Waals surface area contributed by atoms with Gasteiger partial charge in [0.15, 0.2) is 0 Å². The average Bonchev–Trinajstić information content (AvgIpc) is 1.68. The summed E-state index contributed by atoms with van der Waals surface area (Å²) < 4.78 is 0. The van der Waals surface area contributed by atoms with Crippen molar-refractivity contribution in [3.05, 3.63) is 0 Å². The summed E-state index contributed by atoms with van der Waals surface area (Å²) in [6, 6.07) is -0.00926. The van der Waals surface area contributed by atoms with Gasteiger partial charge in [0.1, 0.15) is 0 Å². The minimum atomic E-state index is -0.00926. The highest BCUT2D eigenvalue weighted by Gasteiger charge is 1.95. The lowest BCUT2D eigenvalue weighted by Gasteiger charge is -2.07. The molecule has 0 bridgehead atoms. The molecule has 5 nitrogen and oxygen atoms in total. The summed E-state index contributed by atoms with van der Waals surface area (Å²) in [4.78, 5) is 0. The fraction of sp³-hybridized carbons (Fsp3) is 1.00. The van der Waals surface area contributed by atoms with E-state index in [4.69, 9.17) is 17.4 Å². The molecule has 0 saturated carbocycles. The lowest BCUT2D eigenvalue weighted by atomic mass is 10.3. The molecule has 50 valence electrons. The molecule has 0 amide bonds. The van der Waals surface area contributed by atoms with E-state index in [-0.39, 0.29) is 6.04 Å². The van der Waals surface area contributed by atoms with Crippen molar-refractivity contribution >= 4 is 0 Å². The molecule has 8 N–H and O–H groups in total. The van der Waals surface area contributed by atoms with Gasteiger partial charge >= 0.3 is 0 Å². The molecule has 0 heterocycles. The Hall–Kier alpha value is -0.200. The molecule has 0 aromatic heterocycles. The minimum absolute atomic E-state index is 0.00926. The van der Waals surface area contributed by atoms with E-state index in [1.54, 1.807) is 0 Å². The van der Waals surface area contributed by atoms with Crippen LogP contribution in [-0.4, -0.2) is 19.1 Å². The highest BCUT2D eigenvalue weighted by molar-refractivity contribution is 4.62. The van der Waals surface area contributed by atoms with Crippen LogP contribution >= 0.6 is 0 Å². The predicted molar refractivity (Wildman–Crippen MR) is 32.4 cm³/mol. The monoisotopic (exact) mass is 119 g/mol. The predicted octanol–water partition coefficient (Wildman–Crippen LogP) is -2.76. The molecule has 0 saturated heterocycles. The van der Waals surface area contributed by atoms with E-state index in [0.29, 0.717) is 13.1 Å². The topological polar surface area (TPSA) is 102 Å². The van der Waals surface area contributed by atoms with E-state index in [1.165, 1.54) is 0 Å². The molecule has 0 aromatic rings. The molecule has 0 unspecified atom stereocenters. The van der Waals surface area contributed by atoms with Crippen LogP contribution in [0.3, 0.4) is 0 Å². The summed E-state index contributed by atoms with van der Waals surface area (Å²) in [6.45, 7) is 1.15. The van der Waals surface area contributed by atoms with Gasteiger partial charge in [0, 0.05) is 19.1 Å². The van der Waals surface area contributed by atoms with E-state index >= 15 is 0 Å². The van der Waals surface area contributed by atoms with Crippen molar-refractivity contribution in [3.63, 3.8) is 0 Å². The zero-order valence-corrected chi connectivity index (χ0v) is 4.72. The third-order valence-electron chi connectivity index (χ3n) is 0.760. The van der Waals surface area contributed by atoms with E-state index < -0.39 is 0 Å². The number of rotatable bonds is 4. The quantitative estimate of drug-likeness (QED) is 0.204. The molecule has 0 atom stereocenters. The molecular weight excluding hydrogens is 106 g/mol. The number of nitrogens with two attached hydrogens (primary N) is 3. The smallest absolute Gasteiger partial charge is 0.0320 e. The maximum atomic E-state index is 5.41. The van der Waals surface area contributed by atoms with Crippen LogP contribution in [0.15, 0.2) is 0 Å². The van der Waals surface area contributed by atoms with Crippen LogP contribution in [-0.2, 0) is 0 Å². The standard InChI is InChI=1S/C3H13N5/c4-3(1-7-5)2-8-6/h3,7-8H,1-2,4-6H2. The molecular formula is C3H13N5. The number of hydrazine groups is 2. The summed E-state index contributed by atoms with van der Waals surface area (Å²) in [7, 11) is 0. The highest BCUT2D eigenvalue weighted by Crippen LogP contribution is 1.65. The van der Waals surface area contributed by atoms with E-state index in [9.17, 15) is 0 Å². The van der Waals surface area contributed by atoms with Crippen molar-refractivity contribution in [2.45, 2.75) is 6.04 Å². The SMILES string of the molecule is NNCC(N)CNN. The van der Waals surface area contributed by atoms with Gasteiger partial charge < -0.3 is 5.73 Å². The van der Waals surface area contributed by atoms with Crippen molar-refractivity contribution in [1.82, 2.24) is 10.9 Å². The van der Waals surface area contributed by atoms with Gasteiger partial charge in [-0.25, -0.2) is 0 Å². The lowest BCUT2D eigenvalue weighted by Crippen LogP contribution is -2.45. The summed E-state index contributed by atoms with van der Waals surface area (Å²) in [5.41, 5.74) is 10.3. The second kappa shape index (κ2) is 4.95. The molecule has 5 heteroatoms. The Labute approximate surface area is 48.5 Å². The average molecular weight is 119 g/mol. The second-order valence-corrected chi connectivity index (χ2v) is 1.58. The molecule has 0 spiro atoms. The van der Waals surface area contributed by atoms with Gasteiger partial charge in [-0.2, -0.15) is 0 Å². The number of hydrogen-bond donors (Lipinski definition) is 5. The maximum Gasteiger partial charge on any atom is 0.0320 e. The third kappa shape index (κ3) is 3.97. The normalized spacial score (nSPS) is 10.5. The van der Waals surface area contributed by atoms with Gasteiger partial charge in [0.05, 0.1) is 0 Å². The van der Waals surface area contributed by atoms with Gasteiger partial charge in [0.2, 0.25) is 0 Å². The Morgan fingerprint density at radius 2 is 1.50 bits per heavy atom. The summed E-state index contributed by atoms with van der Waals surface area (Å²) in [5, 5.41) is 0. The van der Waals surface area contributed by atoms with Crippen LogP contribution in [0.1, 0.15) is 0 Å². The first kappa shape index (κ1) is 7.80. The molecule has 0 fully saturated rings. The summed E-state index contributed by atoms with van der Waals surface area (Å²) in [5.74, 6) is 9.92. The zero-order chi connectivity index (χ0) is 6.41. The highest BCUT2D eigenvalue weighted by atomic mass is 15.2. The first-order valence-corrected chi connectivity index (χ1v) is 2.43. The minimum Gasteiger partial charge on any atom is -0.325 e. The molecule has 0 radical (unpaired) electrons. The fourth-order valence-corrected chi connectivity index (χ4v) is 0.375. The van der Waals surface area contributed by atoms with Crippen molar-refractivity contribution < 1.29 is 0 Å². The van der Waals surface area contributed by atoms with Crippen LogP contribution in [0.25, 0.3) is 0 Å². The first-order chi connectivity index (χ1) is 3.81. The maximum absolute atomic E-state index is 5.41. The molecule has 8 heavy (non-hydrogen) atoms. The Balaban J connectivity index is 2.92. The lowest BCUT2D eigenvalue weighted by molar-refractivity contribution is 0.547. The Morgan fingerprint density at radius 3 is 1.75 bits per heavy atom. The first-order valence-electron chi connectivity index (χ1n) is 2.43. The zero-order valence-electron chi connectivity index (χ0n) is 4.72. The third-order valence-corrected chi connectivity index (χ3v) is 0.760. The summed E-state index contributed by atoms with van der Waals surface area (Å²) in [6.07, 6.45) is 0. The van der Waals surface area contributed by atoms with Crippen molar-refractivity contribution in [3.8, 4) is 0 Å². The van der Waals surface area contributed by atoms with Crippen LogP contribution in [0.4, 0.5) is 0 Å². The summed E-state index contributed by atoms with van der Waals surface area (Å²) >= 11 is 0. The second-order valence-electron chi connectivity index (χ2n) is 1.58. The fourth-order valence-electron chi connectivity index (χ4n) is 0.375. The number of nitrogens with one attached hydrogen (secondary N) is 2. The Bertz CT molecular complexity index is 40.9. The van der Waals surface area contributed by atoms with Crippen molar-refractivity contribution in [2.75, 3.05) is 13.1 Å². The largest absolute Gasteiger partial charge is 0.325 e. The van der Waals surface area contributed by atoms with Gasteiger partial charge in [-0.1, -0.05) is 0 Å². The van der Waals surface area contributed by atoms with Gasteiger partial charge in [-0.15, -0.1) is 0 Å². The van der Waals surface area contributed by atoms with Gasteiger partial charge in [-0.05, 0) is 0 Å². The van der Waals surface area contributed by atoms with Crippen LogP contribution in [0, 0.1) is 0 Å². The van der Waals surface area contributed by atoms with Crippen molar-refractivity contribution in [1.29, 1.82) is 0 Å². The number of hydrogen-bond acceptors (Lipinski definition) is 5. The van der Waals surface area contributed by atoms with Crippen LogP contribution in [0.2, 0.25) is 0 Å². The molecule has 0 aromatic carbocycles. The van der Waals surface area contributed by atoms with E-state index in [1.807, 2.05) is 0 Å². The molecule has 0 aliphatic heterocycles. The van der Waals surface area contributed by atoms with E-state index in [2.05, 4.69) is 10.9 Å².